The second-order valence-electron chi connectivity index (χ2n) is 7.21. The number of ether oxygens (including phenoxy) is 1. The van der Waals surface area contributed by atoms with E-state index in [1.54, 1.807) is 53.4 Å². The number of nitrogens with zero attached hydrogens (tertiary/aromatic N) is 2. The van der Waals surface area contributed by atoms with Gasteiger partial charge in [0.1, 0.15) is 13.2 Å². The molecule has 7 nitrogen and oxygen atoms in total. The van der Waals surface area contributed by atoms with E-state index in [0.29, 0.717) is 22.2 Å². The molecule has 0 aliphatic rings. The van der Waals surface area contributed by atoms with Gasteiger partial charge in [-0.25, -0.2) is 4.98 Å². The van der Waals surface area contributed by atoms with Crippen LogP contribution in [0.2, 0.25) is 0 Å². The van der Waals surface area contributed by atoms with E-state index < -0.39 is 5.91 Å². The van der Waals surface area contributed by atoms with Gasteiger partial charge in [0.05, 0.1) is 21.8 Å². The van der Waals surface area contributed by atoms with Crippen LogP contribution in [0, 0.1) is 11.3 Å². The van der Waals surface area contributed by atoms with Crippen LogP contribution in [-0.2, 0) is 14.3 Å². The summed E-state index contributed by atoms with van der Waals surface area (Å²) in [4.78, 5) is 28.8. The maximum absolute atomic E-state index is 12.2. The largest absolute Gasteiger partial charge is 0.362 e. The topological polar surface area (TPSA) is 104 Å². The average Bonchev–Trinajstić information content (AvgIpc) is 3.18. The van der Waals surface area contributed by atoms with Gasteiger partial charge in [-0.05, 0) is 41.6 Å². The number of hydrogen-bond acceptors (Lipinski definition) is 8. The third kappa shape index (κ3) is 8.37. The summed E-state index contributed by atoms with van der Waals surface area (Å²) in [5.41, 5.74) is 2.51. The van der Waals surface area contributed by atoms with Crippen molar-refractivity contribution in [3.05, 3.63) is 48.0 Å². The summed E-state index contributed by atoms with van der Waals surface area (Å²) in [7, 11) is 0. The number of aromatic nitrogens is 1. The summed E-state index contributed by atoms with van der Waals surface area (Å²) in [5.74, 6) is 1.35. The lowest BCUT2D eigenvalue weighted by Gasteiger charge is -2.07. The molecule has 2 amide bonds. The Morgan fingerprint density at radius 2 is 1.82 bits per heavy atom. The van der Waals surface area contributed by atoms with Crippen molar-refractivity contribution in [1.29, 1.82) is 5.26 Å². The molecular weight excluding hydrogens is 476 g/mol. The molecule has 0 radical (unpaired) electrons. The number of benzene rings is 2. The van der Waals surface area contributed by atoms with Gasteiger partial charge in [0.2, 0.25) is 11.8 Å². The Hall–Kier alpha value is -2.58. The highest BCUT2D eigenvalue weighted by Crippen LogP contribution is 2.31. The zero-order chi connectivity index (χ0) is 23.6. The van der Waals surface area contributed by atoms with Gasteiger partial charge in [0.15, 0.2) is 4.34 Å². The molecule has 2 aromatic carbocycles. The number of carbonyl (C=O) groups excluding carboxylic acids is 2. The summed E-state index contributed by atoms with van der Waals surface area (Å²) in [5, 5.41) is 14.9. The predicted molar refractivity (Wildman–Crippen MR) is 137 cm³/mol. The summed E-state index contributed by atoms with van der Waals surface area (Å²) < 4.78 is 7.24. The van der Waals surface area contributed by atoms with Crippen molar-refractivity contribution in [1.82, 2.24) is 4.98 Å². The number of thioether (sulfide) groups is 2. The van der Waals surface area contributed by atoms with Crippen molar-refractivity contribution in [3.63, 3.8) is 0 Å². The second-order valence-corrected chi connectivity index (χ2v) is 11.3. The van der Waals surface area contributed by atoms with Crippen molar-refractivity contribution < 1.29 is 14.3 Å². The molecule has 2 N–H and O–H groups in total. The molecule has 1 aromatic heterocycles. The van der Waals surface area contributed by atoms with Gasteiger partial charge in [-0.15, -0.1) is 11.3 Å². The van der Waals surface area contributed by atoms with Gasteiger partial charge in [0.25, 0.3) is 0 Å². The smallest absolute Gasteiger partial charge is 0.250 e. The molecule has 0 aliphatic heterocycles. The fourth-order valence-electron chi connectivity index (χ4n) is 2.75. The molecule has 3 rings (SSSR count). The third-order valence-electron chi connectivity index (χ3n) is 4.15. The Morgan fingerprint density at radius 1 is 1.09 bits per heavy atom. The summed E-state index contributed by atoms with van der Waals surface area (Å²) in [6.45, 7) is 3.87. The zero-order valence-electron chi connectivity index (χ0n) is 18.3. The lowest BCUT2D eigenvalue weighted by atomic mass is 10.2. The lowest BCUT2D eigenvalue weighted by Crippen LogP contribution is -2.23. The molecule has 33 heavy (non-hydrogen) atoms. The number of fused-ring (bicyclic) bond motifs is 1. The van der Waals surface area contributed by atoms with Gasteiger partial charge in [-0.1, -0.05) is 31.7 Å². The number of nitriles is 1. The summed E-state index contributed by atoms with van der Waals surface area (Å²) in [6, 6.07) is 14.2. The number of nitrogens with one attached hydrogen (secondary N) is 2. The van der Waals surface area contributed by atoms with E-state index >= 15 is 0 Å². The van der Waals surface area contributed by atoms with Crippen LogP contribution in [0.5, 0.6) is 0 Å². The fraction of sp³-hybridized carbons (Fsp3) is 0.304. The van der Waals surface area contributed by atoms with Gasteiger partial charge in [0, 0.05) is 22.9 Å². The molecule has 0 unspecified atom stereocenters. The van der Waals surface area contributed by atoms with Crippen molar-refractivity contribution in [2.75, 3.05) is 35.4 Å². The monoisotopic (exact) mass is 500 g/mol. The van der Waals surface area contributed by atoms with E-state index in [1.165, 1.54) is 0 Å². The van der Waals surface area contributed by atoms with Crippen LogP contribution in [0.1, 0.15) is 19.4 Å². The number of amides is 2. The number of carbonyl (C=O) groups is 2. The van der Waals surface area contributed by atoms with E-state index in [4.69, 9.17) is 10.00 Å². The fourth-order valence-corrected chi connectivity index (χ4v) is 5.77. The van der Waals surface area contributed by atoms with E-state index in [-0.39, 0.29) is 19.1 Å². The molecule has 172 valence electrons. The van der Waals surface area contributed by atoms with E-state index in [1.807, 2.05) is 30.0 Å². The average molecular weight is 501 g/mol. The third-order valence-corrected chi connectivity index (χ3v) is 7.68. The first-order valence-corrected chi connectivity index (χ1v) is 13.1. The number of hydrogen-bond donors (Lipinski definition) is 2. The van der Waals surface area contributed by atoms with Gasteiger partial charge in [-0.2, -0.15) is 17.0 Å². The highest BCUT2D eigenvalue weighted by atomic mass is 32.2. The first-order chi connectivity index (χ1) is 15.9. The van der Waals surface area contributed by atoms with Crippen LogP contribution >= 0.6 is 34.9 Å². The Morgan fingerprint density at radius 3 is 2.52 bits per heavy atom. The van der Waals surface area contributed by atoms with Crippen LogP contribution in [-0.4, -0.2) is 46.8 Å². The van der Waals surface area contributed by atoms with Crippen LogP contribution in [0.15, 0.2) is 46.8 Å². The SMILES string of the molecule is CC(C)SCCSc1nc2ccc(NC(=O)COCC(=O)Nc3cccc(C#N)c3)cc2s1. The van der Waals surface area contributed by atoms with E-state index in [2.05, 4.69) is 29.5 Å². The molecule has 3 aromatic rings. The quantitative estimate of drug-likeness (QED) is 0.282. The molecular formula is C23H24N4O3S3. The van der Waals surface area contributed by atoms with Crippen molar-refractivity contribution >= 4 is 68.3 Å². The Balaban J connectivity index is 1.43. The van der Waals surface area contributed by atoms with Crippen molar-refractivity contribution in [3.8, 4) is 6.07 Å². The van der Waals surface area contributed by atoms with Crippen molar-refractivity contribution in [2.45, 2.75) is 23.4 Å². The first kappa shape index (κ1) is 25.1. The van der Waals surface area contributed by atoms with Crippen LogP contribution in [0.4, 0.5) is 11.4 Å². The number of rotatable bonds is 11. The lowest BCUT2D eigenvalue weighted by molar-refractivity contribution is -0.125. The standard InChI is InChI=1S/C23H24N4O3S3/c1-15(2)31-8-9-32-23-27-19-7-6-18(11-20(19)33-23)26-22(29)14-30-13-21(28)25-17-5-3-4-16(10-17)12-24/h3-7,10-11,15H,8-9,13-14H2,1-2H3,(H,25,28)(H,26,29). The van der Waals surface area contributed by atoms with Crippen LogP contribution in [0.25, 0.3) is 10.2 Å². The highest BCUT2D eigenvalue weighted by molar-refractivity contribution is 8.04. The second kappa shape index (κ2) is 12.6. The Kier molecular flexibility index (Phi) is 9.57. The highest BCUT2D eigenvalue weighted by Gasteiger charge is 2.09. The van der Waals surface area contributed by atoms with Gasteiger partial charge in [-0.3, -0.25) is 9.59 Å². The van der Waals surface area contributed by atoms with Gasteiger partial charge < -0.3 is 15.4 Å². The zero-order valence-corrected chi connectivity index (χ0v) is 20.7. The summed E-state index contributed by atoms with van der Waals surface area (Å²) >= 11 is 5.30. The molecule has 10 heteroatoms. The van der Waals surface area contributed by atoms with Crippen LogP contribution < -0.4 is 10.6 Å². The maximum Gasteiger partial charge on any atom is 0.250 e. The van der Waals surface area contributed by atoms with E-state index in [0.717, 1.165) is 26.1 Å². The summed E-state index contributed by atoms with van der Waals surface area (Å²) in [6.07, 6.45) is 0. The normalized spacial score (nSPS) is 10.8. The molecule has 0 fully saturated rings. The Labute approximate surface area is 205 Å². The maximum atomic E-state index is 12.2. The molecule has 0 bridgehead atoms. The number of anilines is 2. The molecule has 0 saturated carbocycles. The number of thiazole rings is 1. The molecule has 1 heterocycles. The molecule has 0 saturated heterocycles. The molecule has 0 spiro atoms. The predicted octanol–water partition coefficient (Wildman–Crippen LogP) is 5.00. The molecule has 0 aliphatic carbocycles. The Bertz CT molecular complexity index is 1160. The first-order valence-electron chi connectivity index (χ1n) is 10.3. The van der Waals surface area contributed by atoms with Crippen LogP contribution in [0.3, 0.4) is 0 Å². The minimum atomic E-state index is -0.402. The van der Waals surface area contributed by atoms with Crippen molar-refractivity contribution in [2.24, 2.45) is 0 Å². The van der Waals surface area contributed by atoms with Gasteiger partial charge >= 0.3 is 0 Å². The molecule has 0 atom stereocenters. The van der Waals surface area contributed by atoms with E-state index in [9.17, 15) is 9.59 Å². The minimum Gasteiger partial charge on any atom is -0.362 e. The minimum absolute atomic E-state index is 0.249.